The monoisotopic (exact) mass is 1240 g/mol. The molecule has 1 fully saturated rings. The predicted molar refractivity (Wildman–Crippen MR) is 361 cm³/mol. The first-order chi connectivity index (χ1) is 42.0. The second-order valence-corrected chi connectivity index (χ2v) is 27.3. The number of amides is 1. The van der Waals surface area contributed by atoms with Crippen LogP contribution in [0.25, 0.3) is 0 Å². The molecule has 6 N–H and O–H groups in total. The van der Waals surface area contributed by atoms with Gasteiger partial charge in [-0.25, -0.2) is 4.18 Å². The van der Waals surface area contributed by atoms with Crippen molar-refractivity contribution >= 4 is 16.3 Å². The van der Waals surface area contributed by atoms with Crippen LogP contribution < -0.4 is 5.32 Å². The largest absolute Gasteiger partial charge is 0.397 e. The van der Waals surface area contributed by atoms with Crippen molar-refractivity contribution < 1.29 is 51.8 Å². The van der Waals surface area contributed by atoms with Gasteiger partial charge in [0.1, 0.15) is 24.4 Å². The smallest absolute Gasteiger partial charge is 0.394 e. The summed E-state index contributed by atoms with van der Waals surface area (Å²) in [6.07, 6.45) is 72.3. The van der Waals surface area contributed by atoms with Crippen molar-refractivity contribution in [1.29, 1.82) is 0 Å². The third-order valence-electron chi connectivity index (χ3n) is 18.0. The SMILES string of the molecule is CCCCCCCCCCCCC/C=C\C/C=C\CCCCCCCCCCCCCCCCCCCC(=O)NC(COC1OC(CO)C(O)C(OS(=O)(=O)O)C1O)C(O)CCCCCCCCCCCCCCCCCCCCCCCCCC. The topological polar surface area (TPSA) is 192 Å². The molecule has 7 atom stereocenters. The summed E-state index contributed by atoms with van der Waals surface area (Å²) in [5, 5.41) is 45.4. The Bertz CT molecular complexity index is 1600. The summed E-state index contributed by atoms with van der Waals surface area (Å²) >= 11 is 0. The van der Waals surface area contributed by atoms with Crippen LogP contribution in [0.3, 0.4) is 0 Å². The summed E-state index contributed by atoms with van der Waals surface area (Å²) < 4.78 is 48.2. The fourth-order valence-electron chi connectivity index (χ4n) is 12.3. The van der Waals surface area contributed by atoms with Crippen LogP contribution in [0, 0.1) is 0 Å². The van der Waals surface area contributed by atoms with E-state index in [-0.39, 0.29) is 12.5 Å². The Morgan fingerprint density at radius 3 is 1.10 bits per heavy atom. The molecule has 1 saturated heterocycles. The fourth-order valence-corrected chi connectivity index (χ4v) is 12.8. The highest BCUT2D eigenvalue weighted by atomic mass is 32.3. The van der Waals surface area contributed by atoms with Crippen LogP contribution in [0.4, 0.5) is 0 Å². The number of allylic oxidation sites excluding steroid dienone is 4. The average Bonchev–Trinajstić information content (AvgIpc) is 1.65. The van der Waals surface area contributed by atoms with Gasteiger partial charge in [-0.15, -0.1) is 0 Å². The molecular weight excluding hydrogens is 1100 g/mol. The van der Waals surface area contributed by atoms with Gasteiger partial charge < -0.3 is 35.2 Å². The van der Waals surface area contributed by atoms with Crippen LogP contribution in [-0.4, -0.2) is 95.4 Å². The van der Waals surface area contributed by atoms with E-state index in [1.54, 1.807) is 0 Å². The minimum atomic E-state index is -5.09. The number of rotatable bonds is 67. The Morgan fingerprint density at radius 1 is 0.465 bits per heavy atom. The number of aliphatic hydroxyl groups is 4. The van der Waals surface area contributed by atoms with Gasteiger partial charge in [0.2, 0.25) is 5.91 Å². The van der Waals surface area contributed by atoms with E-state index in [1.165, 1.54) is 295 Å². The summed E-state index contributed by atoms with van der Waals surface area (Å²) in [6.45, 7) is 3.53. The molecule has 86 heavy (non-hydrogen) atoms. The van der Waals surface area contributed by atoms with Crippen LogP contribution in [-0.2, 0) is 28.9 Å². The maximum Gasteiger partial charge on any atom is 0.397 e. The first-order valence-electron chi connectivity index (χ1n) is 37.2. The molecule has 1 heterocycles. The Labute approximate surface area is 531 Å². The van der Waals surface area contributed by atoms with Gasteiger partial charge >= 0.3 is 10.4 Å². The predicted octanol–water partition coefficient (Wildman–Crippen LogP) is 19.9. The highest BCUT2D eigenvalue weighted by molar-refractivity contribution is 7.80. The Hall–Kier alpha value is -1.42. The highest BCUT2D eigenvalue weighted by Gasteiger charge is 2.48. The van der Waals surface area contributed by atoms with Crippen LogP contribution in [0.2, 0.25) is 0 Å². The first-order valence-corrected chi connectivity index (χ1v) is 38.6. The molecule has 0 saturated carbocycles. The summed E-state index contributed by atoms with van der Waals surface area (Å²) in [4.78, 5) is 13.2. The van der Waals surface area contributed by atoms with Gasteiger partial charge in [-0.05, 0) is 44.9 Å². The second-order valence-electron chi connectivity index (χ2n) is 26.2. The van der Waals surface area contributed by atoms with E-state index < -0.39 is 59.9 Å². The van der Waals surface area contributed by atoms with Gasteiger partial charge in [0.25, 0.3) is 0 Å². The van der Waals surface area contributed by atoms with E-state index in [4.69, 9.17) is 9.47 Å². The van der Waals surface area contributed by atoms with E-state index in [0.29, 0.717) is 12.8 Å². The zero-order valence-corrected chi connectivity index (χ0v) is 57.0. The van der Waals surface area contributed by atoms with Gasteiger partial charge in [0, 0.05) is 6.42 Å². The Balaban J connectivity index is 2.19. The lowest BCUT2D eigenvalue weighted by molar-refractivity contribution is -0.298. The molecule has 0 radical (unpaired) electrons. The van der Waals surface area contributed by atoms with Crippen LogP contribution >= 0.6 is 0 Å². The standard InChI is InChI=1S/C73H141NO11S/c1-3-5-7-9-11-13-15-17-19-21-23-25-27-29-30-31-32-33-34-35-36-37-38-39-41-43-45-47-49-51-53-55-57-59-61-63-69(77)74-66(65-83-73-71(79)72(85-86(80,81)82)70(78)68(64-75)84-73)67(76)62-60-58-56-54-52-50-48-46-44-42-40-28-26-24-22-20-18-16-14-12-10-8-6-4-2/h27,29,31-32,66-68,70-73,75-76,78-79H,3-26,28,30,33-65H2,1-2H3,(H,74,77)(H,80,81,82)/b29-27-,32-31-. The maximum absolute atomic E-state index is 13.2. The molecule has 1 rings (SSSR count). The average molecular weight is 1240 g/mol. The number of aliphatic hydroxyl groups excluding tert-OH is 4. The molecule has 0 aromatic rings. The quantitative estimate of drug-likeness (QED) is 0.0193. The summed E-state index contributed by atoms with van der Waals surface area (Å²) in [7, 11) is -5.09. The van der Waals surface area contributed by atoms with Crippen LogP contribution in [0.5, 0.6) is 0 Å². The van der Waals surface area contributed by atoms with Crippen molar-refractivity contribution in [1.82, 2.24) is 5.32 Å². The zero-order chi connectivity index (χ0) is 62.5. The zero-order valence-electron chi connectivity index (χ0n) is 56.2. The van der Waals surface area contributed by atoms with Crippen molar-refractivity contribution in [2.24, 2.45) is 0 Å². The third kappa shape index (κ3) is 53.3. The molecule has 1 amide bonds. The van der Waals surface area contributed by atoms with Crippen molar-refractivity contribution in [3.8, 4) is 0 Å². The molecule has 1 aliphatic rings. The number of unbranched alkanes of at least 4 members (excludes halogenated alkanes) is 51. The third-order valence-corrected chi connectivity index (χ3v) is 18.5. The summed E-state index contributed by atoms with van der Waals surface area (Å²) in [5.74, 6) is -0.222. The van der Waals surface area contributed by atoms with Gasteiger partial charge in [-0.3, -0.25) is 9.35 Å². The van der Waals surface area contributed by atoms with Crippen molar-refractivity contribution in [3.63, 3.8) is 0 Å². The molecule has 0 spiro atoms. The minimum Gasteiger partial charge on any atom is -0.394 e. The molecule has 12 nitrogen and oxygen atoms in total. The normalized spacial score (nSPS) is 18.2. The number of carbonyl (C=O) groups excluding carboxylic acids is 1. The van der Waals surface area contributed by atoms with E-state index in [1.807, 2.05) is 0 Å². The second kappa shape index (κ2) is 62.4. The van der Waals surface area contributed by atoms with Crippen LogP contribution in [0.15, 0.2) is 24.3 Å². The number of nitrogens with one attached hydrogen (secondary N) is 1. The number of hydrogen-bond acceptors (Lipinski definition) is 10. The highest BCUT2D eigenvalue weighted by Crippen LogP contribution is 2.27. The van der Waals surface area contributed by atoms with E-state index in [9.17, 15) is 38.2 Å². The lowest BCUT2D eigenvalue weighted by Crippen LogP contribution is -2.61. The number of carbonyl (C=O) groups is 1. The number of hydrogen-bond donors (Lipinski definition) is 6. The van der Waals surface area contributed by atoms with E-state index in [0.717, 1.165) is 57.8 Å². The lowest BCUT2D eigenvalue weighted by atomic mass is 9.99. The van der Waals surface area contributed by atoms with Crippen molar-refractivity contribution in [2.45, 2.75) is 423 Å². The van der Waals surface area contributed by atoms with Crippen molar-refractivity contribution in [3.05, 3.63) is 24.3 Å². The number of ether oxygens (including phenoxy) is 2. The molecule has 13 heteroatoms. The molecule has 0 aliphatic carbocycles. The van der Waals surface area contributed by atoms with Crippen LogP contribution in [0.1, 0.15) is 380 Å². The van der Waals surface area contributed by atoms with Gasteiger partial charge in [0.05, 0.1) is 25.4 Å². The maximum atomic E-state index is 13.2. The Morgan fingerprint density at radius 2 is 0.779 bits per heavy atom. The van der Waals surface area contributed by atoms with Gasteiger partial charge in [0.15, 0.2) is 6.29 Å². The molecule has 0 aromatic heterocycles. The minimum absolute atomic E-state index is 0.222. The Kier molecular flexibility index (Phi) is 59.9. The van der Waals surface area contributed by atoms with E-state index in [2.05, 4.69) is 47.7 Å². The lowest BCUT2D eigenvalue weighted by Gasteiger charge is -2.41. The molecule has 510 valence electrons. The van der Waals surface area contributed by atoms with Crippen molar-refractivity contribution in [2.75, 3.05) is 13.2 Å². The van der Waals surface area contributed by atoms with Gasteiger partial charge in [-0.1, -0.05) is 353 Å². The fraction of sp³-hybridized carbons (Fsp3) is 0.932. The summed E-state index contributed by atoms with van der Waals surface area (Å²) in [5.41, 5.74) is 0. The molecule has 7 unspecified atom stereocenters. The summed E-state index contributed by atoms with van der Waals surface area (Å²) in [6, 6.07) is -0.859. The first kappa shape index (κ1) is 82.6. The molecule has 1 aliphatic heterocycles. The van der Waals surface area contributed by atoms with E-state index >= 15 is 0 Å². The molecular formula is C73H141NO11S. The molecule has 0 bridgehead atoms. The molecule has 0 aromatic carbocycles. The van der Waals surface area contributed by atoms with Gasteiger partial charge in [-0.2, -0.15) is 8.42 Å².